The van der Waals surface area contributed by atoms with Gasteiger partial charge >= 0.3 is 10.2 Å². The van der Waals surface area contributed by atoms with Gasteiger partial charge in [-0.2, -0.15) is 0 Å². The molecule has 0 fully saturated rings. The van der Waals surface area contributed by atoms with Crippen LogP contribution in [0.2, 0.25) is 0 Å². The monoisotopic (exact) mass is 332 g/mol. The molecular formula is C7H6ClF5O3S2. The van der Waals surface area contributed by atoms with Gasteiger partial charge in [-0.25, -0.2) is 8.42 Å². The van der Waals surface area contributed by atoms with E-state index in [1.54, 1.807) is 0 Å². The molecule has 0 heterocycles. The fourth-order valence-electron chi connectivity index (χ4n) is 1.09. The summed E-state index contributed by atoms with van der Waals surface area (Å²) >= 11 is 0. The second-order valence-corrected chi connectivity index (χ2v) is 8.16. The normalized spacial score (nSPS) is 16.8. The Morgan fingerprint density at radius 2 is 1.67 bits per heavy atom. The van der Waals surface area contributed by atoms with Gasteiger partial charge in [0.25, 0.3) is 9.05 Å². The minimum atomic E-state index is -9.97. The SMILES string of the molecule is COc1ccc(S(F)(F)(F)(F)F)cc1S(=O)(=O)Cl. The summed E-state index contributed by atoms with van der Waals surface area (Å²) in [5, 5.41) is 0. The van der Waals surface area contributed by atoms with Crippen LogP contribution in [0.15, 0.2) is 28.0 Å². The molecule has 3 nitrogen and oxygen atoms in total. The van der Waals surface area contributed by atoms with Gasteiger partial charge in [0.2, 0.25) is 0 Å². The first-order valence-corrected chi connectivity index (χ1v) is 8.28. The molecule has 1 aromatic rings. The minimum Gasteiger partial charge on any atom is -0.495 e. The molecule has 1 aromatic carbocycles. The van der Waals surface area contributed by atoms with E-state index in [-0.39, 0.29) is 12.1 Å². The third-order valence-electron chi connectivity index (χ3n) is 1.84. The van der Waals surface area contributed by atoms with Crippen LogP contribution in [0.25, 0.3) is 0 Å². The lowest BCUT2D eigenvalue weighted by atomic mass is 10.3. The van der Waals surface area contributed by atoms with Crippen LogP contribution in [0.4, 0.5) is 19.4 Å². The molecule has 0 bridgehead atoms. The Morgan fingerprint density at radius 3 is 2.00 bits per heavy atom. The van der Waals surface area contributed by atoms with Gasteiger partial charge in [-0.1, -0.05) is 19.4 Å². The van der Waals surface area contributed by atoms with Crippen LogP contribution in [0.1, 0.15) is 0 Å². The van der Waals surface area contributed by atoms with Gasteiger partial charge in [-0.15, -0.1) is 0 Å². The highest BCUT2D eigenvalue weighted by Crippen LogP contribution is 3.02. The largest absolute Gasteiger partial charge is 0.495 e. The lowest BCUT2D eigenvalue weighted by molar-refractivity contribution is 0.362. The van der Waals surface area contributed by atoms with E-state index in [9.17, 15) is 27.8 Å². The summed E-state index contributed by atoms with van der Waals surface area (Å²) in [6.45, 7) is 0. The van der Waals surface area contributed by atoms with E-state index in [2.05, 4.69) is 4.74 Å². The van der Waals surface area contributed by atoms with Crippen molar-refractivity contribution in [2.24, 2.45) is 0 Å². The zero-order valence-corrected chi connectivity index (χ0v) is 10.9. The highest BCUT2D eigenvalue weighted by molar-refractivity contribution is 8.45. The van der Waals surface area contributed by atoms with Crippen LogP contribution >= 0.6 is 20.9 Å². The van der Waals surface area contributed by atoms with Crippen molar-refractivity contribution >= 4 is 30.0 Å². The van der Waals surface area contributed by atoms with Crippen LogP contribution in [0.5, 0.6) is 5.75 Å². The number of rotatable bonds is 3. The van der Waals surface area contributed by atoms with E-state index in [4.69, 9.17) is 10.7 Å². The first kappa shape index (κ1) is 15.3. The van der Waals surface area contributed by atoms with E-state index in [1.807, 2.05) is 0 Å². The molecule has 0 aliphatic rings. The van der Waals surface area contributed by atoms with Gasteiger partial charge in [-0.3, -0.25) is 0 Å². The summed E-state index contributed by atoms with van der Waals surface area (Å²) in [6, 6.07) is 0.247. The molecule has 18 heavy (non-hydrogen) atoms. The standard InChI is InChI=1S/C7H6ClF5O3S2/c1-16-6-3-2-5(18(9,10,11,12)13)4-7(6)17(8,14)15/h2-4H,1H3. The number of ether oxygens (including phenoxy) is 1. The van der Waals surface area contributed by atoms with Crippen LogP contribution in [-0.4, -0.2) is 15.5 Å². The molecule has 0 aliphatic heterocycles. The molecule has 0 saturated heterocycles. The third kappa shape index (κ3) is 3.39. The van der Waals surface area contributed by atoms with Gasteiger partial charge in [0, 0.05) is 10.7 Å². The molecule has 0 radical (unpaired) electrons. The van der Waals surface area contributed by atoms with Crippen molar-refractivity contribution in [2.75, 3.05) is 7.11 Å². The van der Waals surface area contributed by atoms with Crippen molar-refractivity contribution in [3.63, 3.8) is 0 Å². The fourth-order valence-corrected chi connectivity index (χ4v) is 2.85. The summed E-state index contributed by atoms with van der Waals surface area (Å²) in [5.41, 5.74) is 0. The zero-order valence-electron chi connectivity index (χ0n) is 8.54. The summed E-state index contributed by atoms with van der Waals surface area (Å²) in [7, 11) is -8.81. The molecule has 0 amide bonds. The summed E-state index contributed by atoms with van der Waals surface area (Å²) in [5.74, 6) is -0.560. The summed E-state index contributed by atoms with van der Waals surface area (Å²) < 4.78 is 88.8. The highest BCUT2D eigenvalue weighted by Gasteiger charge is 2.65. The van der Waals surface area contributed by atoms with E-state index < -0.39 is 34.8 Å². The average Bonchev–Trinajstić information content (AvgIpc) is 2.11. The van der Waals surface area contributed by atoms with Crippen LogP contribution < -0.4 is 4.74 Å². The fraction of sp³-hybridized carbons (Fsp3) is 0.143. The minimum absolute atomic E-state index is 0.0337. The Bertz CT molecular complexity index is 595. The smallest absolute Gasteiger partial charge is 0.310 e. The molecule has 0 N–H and O–H groups in total. The predicted molar refractivity (Wildman–Crippen MR) is 57.4 cm³/mol. The van der Waals surface area contributed by atoms with E-state index in [0.717, 1.165) is 7.11 Å². The molecule has 106 valence electrons. The van der Waals surface area contributed by atoms with Crippen LogP contribution in [0.3, 0.4) is 0 Å². The van der Waals surface area contributed by atoms with Gasteiger partial charge in [0.1, 0.15) is 15.5 Å². The number of methoxy groups -OCH3 is 1. The van der Waals surface area contributed by atoms with E-state index >= 15 is 0 Å². The quantitative estimate of drug-likeness (QED) is 0.613. The summed E-state index contributed by atoms with van der Waals surface area (Å²) in [6.07, 6.45) is 0. The molecule has 0 aliphatic carbocycles. The zero-order chi connectivity index (χ0) is 14.5. The average molecular weight is 333 g/mol. The van der Waals surface area contributed by atoms with Crippen molar-refractivity contribution in [3.8, 4) is 5.75 Å². The Morgan fingerprint density at radius 1 is 1.17 bits per heavy atom. The lowest BCUT2D eigenvalue weighted by Gasteiger charge is -2.40. The first-order valence-electron chi connectivity index (χ1n) is 4.02. The lowest BCUT2D eigenvalue weighted by Crippen LogP contribution is -2.07. The van der Waals surface area contributed by atoms with Crippen LogP contribution in [0, 0.1) is 0 Å². The molecule has 0 saturated carbocycles. The molecule has 0 spiro atoms. The third-order valence-corrected chi connectivity index (χ3v) is 4.33. The number of benzene rings is 1. The Kier molecular flexibility index (Phi) is 2.91. The maximum atomic E-state index is 12.5. The topological polar surface area (TPSA) is 43.4 Å². The van der Waals surface area contributed by atoms with Gasteiger partial charge in [0.15, 0.2) is 0 Å². The number of hydrogen-bond acceptors (Lipinski definition) is 3. The maximum Gasteiger partial charge on any atom is 0.310 e. The van der Waals surface area contributed by atoms with Crippen molar-refractivity contribution < 1.29 is 32.6 Å². The molecular weight excluding hydrogens is 327 g/mol. The van der Waals surface area contributed by atoms with E-state index in [1.165, 1.54) is 0 Å². The van der Waals surface area contributed by atoms with Crippen molar-refractivity contribution in [1.82, 2.24) is 0 Å². The predicted octanol–water partition coefficient (Wildman–Crippen LogP) is 4.28. The van der Waals surface area contributed by atoms with Crippen molar-refractivity contribution in [2.45, 2.75) is 9.79 Å². The van der Waals surface area contributed by atoms with Crippen LogP contribution in [-0.2, 0) is 9.05 Å². The summed E-state index contributed by atoms with van der Waals surface area (Å²) in [4.78, 5) is -3.52. The number of halogens is 6. The van der Waals surface area contributed by atoms with Crippen molar-refractivity contribution in [1.29, 1.82) is 0 Å². The molecule has 11 heteroatoms. The maximum absolute atomic E-state index is 12.5. The highest BCUT2D eigenvalue weighted by atomic mass is 35.7. The van der Waals surface area contributed by atoms with E-state index in [0.29, 0.717) is 6.07 Å². The Hall–Kier alpha value is -0.740. The van der Waals surface area contributed by atoms with Gasteiger partial charge in [-0.05, 0) is 18.2 Å². The molecule has 0 atom stereocenters. The van der Waals surface area contributed by atoms with Crippen molar-refractivity contribution in [3.05, 3.63) is 18.2 Å². The second-order valence-electron chi connectivity index (χ2n) is 3.22. The molecule has 0 aromatic heterocycles. The number of hydrogen-bond donors (Lipinski definition) is 0. The molecule has 1 rings (SSSR count). The molecule has 0 unspecified atom stereocenters. The Balaban J connectivity index is 3.68. The Labute approximate surface area is 104 Å². The van der Waals surface area contributed by atoms with Gasteiger partial charge < -0.3 is 4.74 Å². The van der Waals surface area contributed by atoms with Gasteiger partial charge in [0.05, 0.1) is 7.11 Å². The second kappa shape index (κ2) is 3.42. The first-order chi connectivity index (χ1) is 7.65.